The van der Waals surface area contributed by atoms with Crippen LogP contribution in [0.3, 0.4) is 0 Å². The van der Waals surface area contributed by atoms with Crippen LogP contribution in [-0.2, 0) is 4.79 Å². The summed E-state index contributed by atoms with van der Waals surface area (Å²) in [4.78, 5) is 11.2. The number of nitrogens with one attached hydrogen (secondary N) is 1. The van der Waals surface area contributed by atoms with Gasteiger partial charge < -0.3 is 5.32 Å². The predicted molar refractivity (Wildman–Crippen MR) is 38.7 cm³/mol. The van der Waals surface area contributed by atoms with Gasteiger partial charge in [-0.05, 0) is 25.2 Å². The number of carbonyl (C=O) groups is 1. The molecular weight excluding hydrogens is 145 g/mol. The number of fused-ring (bicyclic) bond motifs is 1. The molecule has 0 saturated heterocycles. The molecule has 0 aromatic heterocycles. The van der Waals surface area contributed by atoms with Crippen molar-refractivity contribution in [3.05, 3.63) is 0 Å². The smallest absolute Gasteiger partial charge is 0.226 e. The minimum absolute atomic E-state index is 0.0360. The lowest BCUT2D eigenvalue weighted by Gasteiger charge is -2.35. The molecule has 0 aliphatic heterocycles. The molecule has 11 heavy (non-hydrogen) atoms. The Labute approximate surface area is 65.2 Å². The zero-order valence-electron chi connectivity index (χ0n) is 6.56. The molecule has 0 aromatic carbocycles. The molecule has 0 spiro atoms. The minimum atomic E-state index is -0.715. The molecule has 3 fully saturated rings. The number of halogens is 1. The Bertz CT molecular complexity index is 198. The van der Waals surface area contributed by atoms with Crippen molar-refractivity contribution in [3.63, 3.8) is 0 Å². The van der Waals surface area contributed by atoms with E-state index in [1.54, 1.807) is 7.05 Å². The van der Waals surface area contributed by atoms with Crippen LogP contribution in [0.2, 0.25) is 0 Å². The van der Waals surface area contributed by atoms with Crippen LogP contribution in [0.25, 0.3) is 0 Å². The molecule has 62 valence electrons. The summed E-state index contributed by atoms with van der Waals surface area (Å²) >= 11 is 0. The van der Waals surface area contributed by atoms with E-state index in [-0.39, 0.29) is 17.2 Å². The van der Waals surface area contributed by atoms with Gasteiger partial charge in [0.1, 0.15) is 6.17 Å². The van der Waals surface area contributed by atoms with Gasteiger partial charge in [0.05, 0.1) is 5.41 Å². The van der Waals surface area contributed by atoms with E-state index in [2.05, 4.69) is 5.32 Å². The van der Waals surface area contributed by atoms with Crippen LogP contribution in [0.15, 0.2) is 0 Å². The second kappa shape index (κ2) is 1.96. The Morgan fingerprint density at radius 2 is 2.18 bits per heavy atom. The molecule has 0 aromatic rings. The zero-order valence-corrected chi connectivity index (χ0v) is 6.56. The maximum Gasteiger partial charge on any atom is 0.226 e. The van der Waals surface area contributed by atoms with Gasteiger partial charge in [-0.2, -0.15) is 0 Å². The SMILES string of the molecule is CNC(=O)C12CC(C1)[C@H](F)C2. The van der Waals surface area contributed by atoms with Crippen molar-refractivity contribution >= 4 is 5.91 Å². The summed E-state index contributed by atoms with van der Waals surface area (Å²) in [5.41, 5.74) is -0.307. The van der Waals surface area contributed by atoms with Crippen molar-refractivity contribution in [2.75, 3.05) is 7.05 Å². The van der Waals surface area contributed by atoms with Gasteiger partial charge in [0, 0.05) is 7.05 Å². The molecule has 1 amide bonds. The van der Waals surface area contributed by atoms with E-state index in [0.29, 0.717) is 6.42 Å². The number of amides is 1. The van der Waals surface area contributed by atoms with E-state index >= 15 is 0 Å². The van der Waals surface area contributed by atoms with E-state index < -0.39 is 6.17 Å². The molecule has 3 aliphatic carbocycles. The highest BCUT2D eigenvalue weighted by molar-refractivity contribution is 5.84. The van der Waals surface area contributed by atoms with E-state index in [1.165, 1.54) is 0 Å². The van der Waals surface area contributed by atoms with Crippen LogP contribution >= 0.6 is 0 Å². The summed E-state index contributed by atoms with van der Waals surface area (Å²) in [6.07, 6.45) is 1.28. The Morgan fingerprint density at radius 1 is 1.55 bits per heavy atom. The third-order valence-electron chi connectivity index (χ3n) is 3.11. The summed E-state index contributed by atoms with van der Waals surface area (Å²) < 4.78 is 12.9. The van der Waals surface area contributed by atoms with Crippen molar-refractivity contribution in [2.24, 2.45) is 11.3 Å². The first-order valence-corrected chi connectivity index (χ1v) is 4.04. The van der Waals surface area contributed by atoms with Crippen LogP contribution < -0.4 is 5.32 Å². The van der Waals surface area contributed by atoms with E-state index in [0.717, 1.165) is 12.8 Å². The van der Waals surface area contributed by atoms with Crippen LogP contribution in [-0.4, -0.2) is 19.1 Å². The molecule has 0 heterocycles. The number of rotatable bonds is 1. The number of alkyl halides is 1. The second-order valence-corrected chi connectivity index (χ2v) is 3.75. The second-order valence-electron chi connectivity index (χ2n) is 3.75. The fraction of sp³-hybridized carbons (Fsp3) is 0.875. The van der Waals surface area contributed by atoms with Crippen LogP contribution in [0, 0.1) is 11.3 Å². The molecule has 0 radical (unpaired) electrons. The average molecular weight is 157 g/mol. The predicted octanol–water partition coefficient (Wildman–Crippen LogP) is 0.871. The standard InChI is InChI=1S/C8H12FNO/c1-10-7(11)8-2-5(3-8)6(9)4-8/h5-6H,2-4H2,1H3,(H,10,11)/t5?,6-,8?/m1/s1. The Morgan fingerprint density at radius 3 is 2.55 bits per heavy atom. The molecule has 2 nitrogen and oxygen atoms in total. The molecule has 3 heteroatoms. The third-order valence-corrected chi connectivity index (χ3v) is 3.11. The van der Waals surface area contributed by atoms with Crippen LogP contribution in [0.4, 0.5) is 4.39 Å². The first-order valence-electron chi connectivity index (χ1n) is 4.04. The van der Waals surface area contributed by atoms with Gasteiger partial charge in [-0.25, -0.2) is 4.39 Å². The highest BCUT2D eigenvalue weighted by atomic mass is 19.1. The van der Waals surface area contributed by atoms with Gasteiger partial charge in [0.25, 0.3) is 0 Å². The first-order chi connectivity index (χ1) is 5.18. The van der Waals surface area contributed by atoms with Crippen molar-refractivity contribution in [1.82, 2.24) is 5.32 Å². The van der Waals surface area contributed by atoms with Crippen LogP contribution in [0.1, 0.15) is 19.3 Å². The third kappa shape index (κ3) is 0.739. The largest absolute Gasteiger partial charge is 0.359 e. The Hall–Kier alpha value is -0.600. The highest BCUT2D eigenvalue weighted by Crippen LogP contribution is 2.59. The van der Waals surface area contributed by atoms with E-state index in [4.69, 9.17) is 0 Å². The Balaban J connectivity index is 2.11. The van der Waals surface area contributed by atoms with Crippen molar-refractivity contribution < 1.29 is 9.18 Å². The Kier molecular flexibility index (Phi) is 1.26. The zero-order chi connectivity index (χ0) is 8.06. The van der Waals surface area contributed by atoms with Gasteiger partial charge >= 0.3 is 0 Å². The first kappa shape index (κ1) is 7.07. The maximum atomic E-state index is 12.9. The fourth-order valence-electron chi connectivity index (χ4n) is 2.45. The van der Waals surface area contributed by atoms with Gasteiger partial charge in [0.15, 0.2) is 0 Å². The molecule has 3 rings (SSSR count). The monoisotopic (exact) mass is 157 g/mol. The number of hydrogen-bond acceptors (Lipinski definition) is 1. The molecular formula is C8H12FNO. The van der Waals surface area contributed by atoms with E-state index in [9.17, 15) is 9.18 Å². The number of carbonyl (C=O) groups excluding carboxylic acids is 1. The molecule has 0 unspecified atom stereocenters. The minimum Gasteiger partial charge on any atom is -0.359 e. The van der Waals surface area contributed by atoms with E-state index in [1.807, 2.05) is 0 Å². The quantitative estimate of drug-likeness (QED) is 0.601. The normalized spacial score (nSPS) is 46.7. The fourth-order valence-corrected chi connectivity index (χ4v) is 2.45. The summed E-state index contributed by atoms with van der Waals surface area (Å²) in [5, 5.41) is 2.60. The summed E-state index contributed by atoms with van der Waals surface area (Å²) in [7, 11) is 1.62. The lowest BCUT2D eigenvalue weighted by molar-refractivity contribution is -0.134. The van der Waals surface area contributed by atoms with Gasteiger partial charge in [-0.1, -0.05) is 0 Å². The van der Waals surface area contributed by atoms with Crippen molar-refractivity contribution in [1.29, 1.82) is 0 Å². The average Bonchev–Trinajstić information content (AvgIpc) is 2.38. The number of hydrogen-bond donors (Lipinski definition) is 1. The summed E-state index contributed by atoms with van der Waals surface area (Å²) in [6.45, 7) is 0. The van der Waals surface area contributed by atoms with Crippen molar-refractivity contribution in [3.8, 4) is 0 Å². The van der Waals surface area contributed by atoms with Crippen molar-refractivity contribution in [2.45, 2.75) is 25.4 Å². The molecule has 1 atom stereocenters. The molecule has 3 saturated carbocycles. The topological polar surface area (TPSA) is 29.1 Å². The highest BCUT2D eigenvalue weighted by Gasteiger charge is 2.60. The lowest BCUT2D eigenvalue weighted by atomic mass is 9.69. The lowest BCUT2D eigenvalue weighted by Crippen LogP contribution is -2.42. The molecule has 1 N–H and O–H groups in total. The molecule has 2 bridgehead atoms. The van der Waals surface area contributed by atoms with Crippen LogP contribution in [0.5, 0.6) is 0 Å². The van der Waals surface area contributed by atoms with Gasteiger partial charge in [-0.3, -0.25) is 4.79 Å². The summed E-state index contributed by atoms with van der Waals surface area (Å²) in [5.74, 6) is 0.223. The van der Waals surface area contributed by atoms with Gasteiger partial charge in [0.2, 0.25) is 5.91 Å². The molecule has 3 aliphatic rings. The summed E-state index contributed by atoms with van der Waals surface area (Å²) in [6, 6.07) is 0. The maximum absolute atomic E-state index is 12.9. The van der Waals surface area contributed by atoms with Gasteiger partial charge in [-0.15, -0.1) is 0 Å².